The second kappa shape index (κ2) is 4.12. The minimum absolute atomic E-state index is 0.335. The fourth-order valence-electron chi connectivity index (χ4n) is 1.58. The SMILES string of the molecule is Cc1c(C(=O)N=[N+]=[N-])ccc2c1OCCO2. The minimum Gasteiger partial charge on any atom is -0.486 e. The molecule has 1 aromatic rings. The topological polar surface area (TPSA) is 84.3 Å². The molecule has 0 spiro atoms. The van der Waals surface area contributed by atoms with E-state index in [1.807, 2.05) is 0 Å². The molecule has 1 aromatic carbocycles. The van der Waals surface area contributed by atoms with E-state index in [2.05, 4.69) is 10.0 Å². The first-order chi connectivity index (χ1) is 7.74. The molecule has 0 saturated heterocycles. The van der Waals surface area contributed by atoms with Gasteiger partial charge in [-0.1, -0.05) is 0 Å². The van der Waals surface area contributed by atoms with Crippen LogP contribution in [0.2, 0.25) is 0 Å². The number of amides is 1. The highest BCUT2D eigenvalue weighted by Gasteiger charge is 2.18. The summed E-state index contributed by atoms with van der Waals surface area (Å²) in [6.45, 7) is 2.68. The fourth-order valence-corrected chi connectivity index (χ4v) is 1.58. The first kappa shape index (κ1) is 10.3. The van der Waals surface area contributed by atoms with E-state index in [0.717, 1.165) is 0 Å². The molecule has 1 aliphatic rings. The Morgan fingerprint density at radius 2 is 2.19 bits per heavy atom. The highest BCUT2D eigenvalue weighted by molar-refractivity contribution is 5.97. The second-order valence-corrected chi connectivity index (χ2v) is 3.26. The summed E-state index contributed by atoms with van der Waals surface area (Å²) in [5.41, 5.74) is 9.18. The van der Waals surface area contributed by atoms with Crippen molar-refractivity contribution in [2.75, 3.05) is 13.2 Å². The number of carbonyl (C=O) groups excluding carboxylic acids is 1. The van der Waals surface area contributed by atoms with Crippen LogP contribution in [0.5, 0.6) is 11.5 Å². The number of hydrogen-bond acceptors (Lipinski definition) is 3. The molecule has 1 aliphatic heterocycles. The van der Waals surface area contributed by atoms with Crippen molar-refractivity contribution >= 4 is 5.91 Å². The first-order valence-electron chi connectivity index (χ1n) is 4.72. The molecule has 82 valence electrons. The summed E-state index contributed by atoms with van der Waals surface area (Å²) in [4.78, 5) is 13.9. The van der Waals surface area contributed by atoms with Crippen LogP contribution in [0.4, 0.5) is 0 Å². The number of fused-ring (bicyclic) bond motifs is 1. The van der Waals surface area contributed by atoms with E-state index in [4.69, 9.17) is 15.0 Å². The van der Waals surface area contributed by atoms with Crippen molar-refractivity contribution in [1.29, 1.82) is 0 Å². The Morgan fingerprint density at radius 3 is 2.94 bits per heavy atom. The van der Waals surface area contributed by atoms with Crippen LogP contribution in [0.25, 0.3) is 10.4 Å². The summed E-state index contributed by atoms with van der Waals surface area (Å²) in [6, 6.07) is 3.21. The van der Waals surface area contributed by atoms with Gasteiger partial charge in [0.2, 0.25) is 5.91 Å². The first-order valence-corrected chi connectivity index (χ1v) is 4.72. The summed E-state index contributed by atoms with van der Waals surface area (Å²) < 4.78 is 10.8. The lowest BCUT2D eigenvalue weighted by Crippen LogP contribution is -2.17. The van der Waals surface area contributed by atoms with Crippen molar-refractivity contribution in [3.63, 3.8) is 0 Å². The molecule has 0 aromatic heterocycles. The average molecular weight is 219 g/mol. The van der Waals surface area contributed by atoms with Gasteiger partial charge in [-0.05, 0) is 29.7 Å². The lowest BCUT2D eigenvalue weighted by Gasteiger charge is -2.20. The number of benzene rings is 1. The minimum atomic E-state index is -0.614. The molecule has 0 unspecified atom stereocenters. The van der Waals surface area contributed by atoms with Crippen molar-refractivity contribution in [2.24, 2.45) is 5.11 Å². The number of ether oxygens (including phenoxy) is 2. The van der Waals surface area contributed by atoms with Gasteiger partial charge in [0.25, 0.3) is 0 Å². The quantitative estimate of drug-likeness (QED) is 0.412. The summed E-state index contributed by atoms with van der Waals surface area (Å²) >= 11 is 0. The number of nitrogens with zero attached hydrogens (tertiary/aromatic N) is 3. The number of azide groups is 1. The zero-order chi connectivity index (χ0) is 11.5. The molecule has 1 heterocycles. The lowest BCUT2D eigenvalue weighted by molar-refractivity contribution is 0.0998. The third kappa shape index (κ3) is 1.66. The van der Waals surface area contributed by atoms with E-state index in [1.165, 1.54) is 0 Å². The third-order valence-corrected chi connectivity index (χ3v) is 2.32. The van der Waals surface area contributed by atoms with Gasteiger partial charge < -0.3 is 9.47 Å². The summed E-state index contributed by atoms with van der Waals surface area (Å²) in [6.07, 6.45) is 0. The van der Waals surface area contributed by atoms with E-state index in [9.17, 15) is 4.79 Å². The highest BCUT2D eigenvalue weighted by Crippen LogP contribution is 2.35. The van der Waals surface area contributed by atoms with Gasteiger partial charge in [0.1, 0.15) is 13.2 Å². The Morgan fingerprint density at radius 1 is 1.44 bits per heavy atom. The molecular weight excluding hydrogens is 210 g/mol. The zero-order valence-electron chi connectivity index (χ0n) is 8.64. The maximum Gasteiger partial charge on any atom is 0.249 e. The predicted molar refractivity (Wildman–Crippen MR) is 55.6 cm³/mol. The van der Waals surface area contributed by atoms with Gasteiger partial charge in [-0.3, -0.25) is 4.79 Å². The second-order valence-electron chi connectivity index (χ2n) is 3.26. The van der Waals surface area contributed by atoms with Crippen molar-refractivity contribution in [2.45, 2.75) is 6.92 Å². The predicted octanol–water partition coefficient (Wildman–Crippen LogP) is 2.22. The maximum absolute atomic E-state index is 11.4. The van der Waals surface area contributed by atoms with Gasteiger partial charge in [-0.2, -0.15) is 0 Å². The summed E-state index contributed by atoms with van der Waals surface area (Å²) in [5, 5.41) is 3.05. The summed E-state index contributed by atoms with van der Waals surface area (Å²) in [5.74, 6) is 0.545. The molecule has 0 bridgehead atoms. The van der Waals surface area contributed by atoms with E-state index in [1.54, 1.807) is 19.1 Å². The molecule has 2 rings (SSSR count). The molecule has 0 radical (unpaired) electrons. The Kier molecular flexibility index (Phi) is 2.66. The standard InChI is InChI=1S/C10H9N3O3/c1-6-7(10(14)12-13-11)2-3-8-9(6)16-5-4-15-8/h2-3H,4-5H2,1H3. The molecule has 16 heavy (non-hydrogen) atoms. The van der Waals surface area contributed by atoms with Crippen molar-refractivity contribution in [3.05, 3.63) is 33.7 Å². The zero-order valence-corrected chi connectivity index (χ0v) is 8.64. The Labute approximate surface area is 91.4 Å². The Balaban J connectivity index is 2.49. The van der Waals surface area contributed by atoms with Gasteiger partial charge in [-0.25, -0.2) is 0 Å². The highest BCUT2D eigenvalue weighted by atomic mass is 16.6. The third-order valence-electron chi connectivity index (χ3n) is 2.32. The van der Waals surface area contributed by atoms with Gasteiger partial charge in [-0.15, -0.1) is 0 Å². The number of rotatable bonds is 1. The number of carbonyl (C=O) groups is 1. The van der Waals surface area contributed by atoms with E-state index in [-0.39, 0.29) is 0 Å². The van der Waals surface area contributed by atoms with Crippen LogP contribution >= 0.6 is 0 Å². The fraction of sp³-hybridized carbons (Fsp3) is 0.300. The largest absolute Gasteiger partial charge is 0.486 e. The molecule has 0 fully saturated rings. The molecule has 6 nitrogen and oxygen atoms in total. The van der Waals surface area contributed by atoms with Crippen LogP contribution < -0.4 is 9.47 Å². The van der Waals surface area contributed by atoms with Crippen LogP contribution in [0, 0.1) is 6.92 Å². The maximum atomic E-state index is 11.4. The molecule has 0 aliphatic carbocycles. The molecule has 1 amide bonds. The summed E-state index contributed by atoms with van der Waals surface area (Å²) in [7, 11) is 0. The monoisotopic (exact) mass is 219 g/mol. The Hall–Kier alpha value is -2.20. The van der Waals surface area contributed by atoms with Gasteiger partial charge in [0.05, 0.1) is 0 Å². The van der Waals surface area contributed by atoms with Gasteiger partial charge in [0, 0.05) is 16.0 Å². The van der Waals surface area contributed by atoms with Crippen LogP contribution in [0.15, 0.2) is 17.2 Å². The van der Waals surface area contributed by atoms with Gasteiger partial charge in [0.15, 0.2) is 11.5 Å². The van der Waals surface area contributed by atoms with Crippen LogP contribution in [0.1, 0.15) is 15.9 Å². The molecular formula is C10H9N3O3. The van der Waals surface area contributed by atoms with Gasteiger partial charge >= 0.3 is 0 Å². The van der Waals surface area contributed by atoms with E-state index in [0.29, 0.717) is 35.8 Å². The lowest BCUT2D eigenvalue weighted by atomic mass is 10.1. The van der Waals surface area contributed by atoms with Crippen LogP contribution in [-0.4, -0.2) is 19.1 Å². The van der Waals surface area contributed by atoms with E-state index >= 15 is 0 Å². The van der Waals surface area contributed by atoms with Crippen molar-refractivity contribution < 1.29 is 14.3 Å². The molecule has 6 heteroatoms. The Bertz CT molecular complexity index is 492. The smallest absolute Gasteiger partial charge is 0.249 e. The van der Waals surface area contributed by atoms with Crippen molar-refractivity contribution in [1.82, 2.24) is 0 Å². The molecule has 0 saturated carbocycles. The normalized spacial score (nSPS) is 12.8. The number of hydrogen-bond donors (Lipinski definition) is 0. The van der Waals surface area contributed by atoms with Crippen LogP contribution in [0.3, 0.4) is 0 Å². The van der Waals surface area contributed by atoms with Crippen molar-refractivity contribution in [3.8, 4) is 11.5 Å². The van der Waals surface area contributed by atoms with Crippen LogP contribution in [-0.2, 0) is 0 Å². The molecule has 0 atom stereocenters. The van der Waals surface area contributed by atoms with E-state index < -0.39 is 5.91 Å². The average Bonchev–Trinajstić information content (AvgIpc) is 2.30. The molecule has 0 N–H and O–H groups in total.